The van der Waals surface area contributed by atoms with E-state index in [1.54, 1.807) is 0 Å². The topological polar surface area (TPSA) is 50.8 Å². The Morgan fingerprint density at radius 1 is 1.36 bits per heavy atom. The monoisotopic (exact) mass is 308 g/mol. The molecule has 6 heteroatoms. The minimum absolute atomic E-state index is 0.0304. The van der Waals surface area contributed by atoms with E-state index in [-0.39, 0.29) is 25.3 Å². The fourth-order valence-corrected chi connectivity index (χ4v) is 2.93. The van der Waals surface area contributed by atoms with Crippen LogP contribution in [0.15, 0.2) is 18.2 Å². The Balaban J connectivity index is 1.46. The molecule has 1 saturated heterocycles. The molecule has 1 aromatic carbocycles. The van der Waals surface area contributed by atoms with Crippen LogP contribution in [0.5, 0.6) is 11.5 Å². The average molecular weight is 308 g/mol. The second kappa shape index (κ2) is 6.96. The predicted octanol–water partition coefficient (Wildman–Crippen LogP) is 1.71. The molecular formula is C16H21FN2O3. The van der Waals surface area contributed by atoms with Crippen LogP contribution in [-0.2, 0) is 11.3 Å². The van der Waals surface area contributed by atoms with Crippen LogP contribution in [0.1, 0.15) is 18.4 Å². The number of carbonyl (C=O) groups is 1. The summed E-state index contributed by atoms with van der Waals surface area (Å²) >= 11 is 0. The maximum Gasteiger partial charge on any atom is 0.234 e. The van der Waals surface area contributed by atoms with Gasteiger partial charge < -0.3 is 14.8 Å². The molecule has 1 atom stereocenters. The quantitative estimate of drug-likeness (QED) is 0.900. The molecule has 2 aliphatic heterocycles. The SMILES string of the molecule is O=C(CN1CCCC(CF)C1)NCc1ccc2c(c1)OCO2. The van der Waals surface area contributed by atoms with E-state index in [1.165, 1.54) is 0 Å². The molecule has 0 saturated carbocycles. The number of nitrogens with one attached hydrogen (secondary N) is 1. The maximum atomic E-state index is 12.7. The van der Waals surface area contributed by atoms with Gasteiger partial charge in [-0.25, -0.2) is 0 Å². The van der Waals surface area contributed by atoms with Crippen molar-refractivity contribution in [2.75, 3.05) is 33.1 Å². The summed E-state index contributed by atoms with van der Waals surface area (Å²) in [5.41, 5.74) is 0.970. The number of likely N-dealkylation sites (tertiary alicyclic amines) is 1. The van der Waals surface area contributed by atoms with Crippen molar-refractivity contribution in [2.45, 2.75) is 19.4 Å². The molecule has 5 nitrogen and oxygen atoms in total. The standard InChI is InChI=1S/C16H21FN2O3/c17-7-13-2-1-5-19(9-13)10-16(20)18-8-12-3-4-14-15(6-12)22-11-21-14/h3-4,6,13H,1-2,5,7-11H2,(H,18,20). The third kappa shape index (κ3) is 3.68. The van der Waals surface area contributed by atoms with Crippen molar-refractivity contribution in [3.63, 3.8) is 0 Å². The van der Waals surface area contributed by atoms with Gasteiger partial charge in [0.25, 0.3) is 0 Å². The number of carbonyl (C=O) groups excluding carboxylic acids is 1. The van der Waals surface area contributed by atoms with E-state index >= 15 is 0 Å². The van der Waals surface area contributed by atoms with E-state index in [4.69, 9.17) is 9.47 Å². The highest BCUT2D eigenvalue weighted by molar-refractivity contribution is 5.78. The number of piperidine rings is 1. The summed E-state index contributed by atoms with van der Waals surface area (Å²) in [5, 5.41) is 2.90. The van der Waals surface area contributed by atoms with E-state index in [0.717, 1.165) is 30.7 Å². The van der Waals surface area contributed by atoms with Crippen LogP contribution >= 0.6 is 0 Å². The van der Waals surface area contributed by atoms with Gasteiger partial charge in [0.2, 0.25) is 12.7 Å². The number of halogens is 1. The molecule has 0 aromatic heterocycles. The van der Waals surface area contributed by atoms with Gasteiger partial charge >= 0.3 is 0 Å². The van der Waals surface area contributed by atoms with E-state index in [2.05, 4.69) is 5.32 Å². The Labute approximate surface area is 129 Å². The number of amides is 1. The van der Waals surface area contributed by atoms with Gasteiger partial charge in [-0.2, -0.15) is 0 Å². The van der Waals surface area contributed by atoms with Crippen LogP contribution in [0.2, 0.25) is 0 Å². The second-order valence-electron chi connectivity index (χ2n) is 5.86. The zero-order valence-electron chi connectivity index (χ0n) is 12.5. The molecule has 0 radical (unpaired) electrons. The van der Waals surface area contributed by atoms with Crippen molar-refractivity contribution in [3.8, 4) is 11.5 Å². The first-order valence-electron chi connectivity index (χ1n) is 7.68. The van der Waals surface area contributed by atoms with Crippen molar-refractivity contribution in [1.82, 2.24) is 10.2 Å². The average Bonchev–Trinajstić information content (AvgIpc) is 3.00. The van der Waals surface area contributed by atoms with Crippen molar-refractivity contribution in [3.05, 3.63) is 23.8 Å². The number of alkyl halides is 1. The highest BCUT2D eigenvalue weighted by atomic mass is 19.1. The first-order chi connectivity index (χ1) is 10.7. The number of hydrogen-bond donors (Lipinski definition) is 1. The fraction of sp³-hybridized carbons (Fsp3) is 0.562. The molecular weight excluding hydrogens is 287 g/mol. The van der Waals surface area contributed by atoms with Gasteiger partial charge in [-0.15, -0.1) is 0 Å². The first kappa shape index (κ1) is 15.1. The molecule has 2 heterocycles. The maximum absolute atomic E-state index is 12.7. The van der Waals surface area contributed by atoms with Gasteiger partial charge in [-0.1, -0.05) is 6.07 Å². The lowest BCUT2D eigenvalue weighted by Gasteiger charge is -2.30. The van der Waals surface area contributed by atoms with E-state index in [1.807, 2.05) is 23.1 Å². The van der Waals surface area contributed by atoms with Crippen molar-refractivity contribution >= 4 is 5.91 Å². The smallest absolute Gasteiger partial charge is 0.234 e. The van der Waals surface area contributed by atoms with E-state index < -0.39 is 0 Å². The zero-order valence-corrected chi connectivity index (χ0v) is 12.5. The molecule has 2 aliphatic rings. The molecule has 0 bridgehead atoms. The van der Waals surface area contributed by atoms with Crippen LogP contribution in [0.3, 0.4) is 0 Å². The van der Waals surface area contributed by atoms with E-state index in [9.17, 15) is 9.18 Å². The molecule has 0 aliphatic carbocycles. The van der Waals surface area contributed by atoms with Crippen LogP contribution in [0.25, 0.3) is 0 Å². The summed E-state index contributed by atoms with van der Waals surface area (Å²) in [6.07, 6.45) is 1.88. The summed E-state index contributed by atoms with van der Waals surface area (Å²) < 4.78 is 23.3. The third-order valence-corrected chi connectivity index (χ3v) is 4.12. The molecule has 1 amide bonds. The highest BCUT2D eigenvalue weighted by Crippen LogP contribution is 2.32. The molecule has 1 fully saturated rings. The Hall–Kier alpha value is -1.82. The van der Waals surface area contributed by atoms with Gasteiger partial charge in [0.05, 0.1) is 13.2 Å². The Morgan fingerprint density at radius 3 is 3.09 bits per heavy atom. The minimum atomic E-state index is -0.296. The largest absolute Gasteiger partial charge is 0.454 e. The predicted molar refractivity (Wildman–Crippen MR) is 79.6 cm³/mol. The molecule has 0 spiro atoms. The highest BCUT2D eigenvalue weighted by Gasteiger charge is 2.21. The molecule has 22 heavy (non-hydrogen) atoms. The number of fused-ring (bicyclic) bond motifs is 1. The fourth-order valence-electron chi connectivity index (χ4n) is 2.93. The zero-order chi connectivity index (χ0) is 15.4. The van der Waals surface area contributed by atoms with Gasteiger partial charge in [0.15, 0.2) is 11.5 Å². The van der Waals surface area contributed by atoms with Crippen molar-refractivity contribution in [2.24, 2.45) is 5.92 Å². The lowest BCUT2D eigenvalue weighted by molar-refractivity contribution is -0.122. The van der Waals surface area contributed by atoms with Crippen LogP contribution < -0.4 is 14.8 Å². The van der Waals surface area contributed by atoms with E-state index in [0.29, 0.717) is 25.4 Å². The number of benzene rings is 1. The number of nitrogens with zero attached hydrogens (tertiary/aromatic N) is 1. The van der Waals surface area contributed by atoms with Gasteiger partial charge in [-0.05, 0) is 37.1 Å². The summed E-state index contributed by atoms with van der Waals surface area (Å²) in [4.78, 5) is 14.0. The Kier molecular flexibility index (Phi) is 4.77. The van der Waals surface area contributed by atoms with Crippen LogP contribution in [0, 0.1) is 5.92 Å². The number of ether oxygens (including phenoxy) is 2. The summed E-state index contributed by atoms with van der Waals surface area (Å²) in [5.74, 6) is 1.50. The normalized spacial score (nSPS) is 20.9. The lowest BCUT2D eigenvalue weighted by Crippen LogP contribution is -2.42. The van der Waals surface area contributed by atoms with Crippen LogP contribution in [0.4, 0.5) is 4.39 Å². The van der Waals surface area contributed by atoms with Crippen molar-refractivity contribution in [1.29, 1.82) is 0 Å². The number of rotatable bonds is 5. The molecule has 3 rings (SSSR count). The lowest BCUT2D eigenvalue weighted by atomic mass is 9.99. The first-order valence-corrected chi connectivity index (χ1v) is 7.68. The molecule has 1 unspecified atom stereocenters. The Bertz CT molecular complexity index is 538. The minimum Gasteiger partial charge on any atom is -0.454 e. The van der Waals surface area contributed by atoms with Gasteiger partial charge in [0, 0.05) is 19.0 Å². The molecule has 120 valence electrons. The summed E-state index contributed by atoms with van der Waals surface area (Å²) in [7, 11) is 0. The third-order valence-electron chi connectivity index (χ3n) is 4.12. The molecule has 1 aromatic rings. The van der Waals surface area contributed by atoms with Gasteiger partial charge in [0.1, 0.15) is 0 Å². The summed E-state index contributed by atoms with van der Waals surface area (Å²) in [6, 6.07) is 5.64. The molecule has 1 N–H and O–H groups in total. The van der Waals surface area contributed by atoms with Gasteiger partial charge in [-0.3, -0.25) is 14.1 Å². The Morgan fingerprint density at radius 2 is 2.23 bits per heavy atom. The second-order valence-corrected chi connectivity index (χ2v) is 5.86. The number of hydrogen-bond acceptors (Lipinski definition) is 4. The van der Waals surface area contributed by atoms with Crippen molar-refractivity contribution < 1.29 is 18.7 Å². The summed E-state index contributed by atoms with van der Waals surface area (Å²) in [6.45, 7) is 2.28. The van der Waals surface area contributed by atoms with Crippen LogP contribution in [-0.4, -0.2) is 43.9 Å².